The maximum Gasteiger partial charge on any atom is 0.419 e. The Bertz CT molecular complexity index is 946. The second kappa shape index (κ2) is 8.73. The van der Waals surface area contributed by atoms with Gasteiger partial charge >= 0.3 is 6.18 Å². The minimum absolute atomic E-state index is 0.141. The molecule has 1 aromatic carbocycles. The summed E-state index contributed by atoms with van der Waals surface area (Å²) in [6.45, 7) is 3.79. The maximum atomic E-state index is 13.3. The summed E-state index contributed by atoms with van der Waals surface area (Å²) >= 11 is 0. The van der Waals surface area contributed by atoms with E-state index in [1.54, 1.807) is 18.2 Å². The predicted octanol–water partition coefficient (Wildman–Crippen LogP) is 4.22. The van der Waals surface area contributed by atoms with Crippen LogP contribution in [-0.2, 0) is 15.8 Å². The summed E-state index contributed by atoms with van der Waals surface area (Å²) in [5.74, 6) is -1.05. The highest BCUT2D eigenvalue weighted by Crippen LogP contribution is 2.36. The van der Waals surface area contributed by atoms with Gasteiger partial charge in [-0.05, 0) is 55.7 Å². The average molecular weight is 420 g/mol. The first-order valence-electron chi connectivity index (χ1n) is 9.61. The number of carbonyl (C=O) groups excluding carboxylic acids is 2. The first-order chi connectivity index (χ1) is 14.1. The van der Waals surface area contributed by atoms with Gasteiger partial charge in [-0.2, -0.15) is 13.2 Å². The van der Waals surface area contributed by atoms with Crippen LogP contribution < -0.4 is 15.5 Å². The zero-order valence-corrected chi connectivity index (χ0v) is 16.7. The lowest BCUT2D eigenvalue weighted by Gasteiger charge is -2.34. The van der Waals surface area contributed by atoms with Crippen molar-refractivity contribution in [2.45, 2.75) is 32.9 Å². The molecule has 30 heavy (non-hydrogen) atoms. The Morgan fingerprint density at radius 1 is 1.20 bits per heavy atom. The van der Waals surface area contributed by atoms with Gasteiger partial charge in [-0.25, -0.2) is 4.98 Å². The fourth-order valence-electron chi connectivity index (χ4n) is 3.57. The Morgan fingerprint density at radius 2 is 1.97 bits per heavy atom. The van der Waals surface area contributed by atoms with Crippen LogP contribution in [-0.4, -0.2) is 29.9 Å². The first kappa shape index (κ1) is 21.6. The van der Waals surface area contributed by atoms with Crippen LogP contribution in [0.2, 0.25) is 0 Å². The highest BCUT2D eigenvalue weighted by Gasteiger charge is 2.37. The van der Waals surface area contributed by atoms with E-state index >= 15 is 0 Å². The van der Waals surface area contributed by atoms with Crippen LogP contribution in [0.4, 0.5) is 30.4 Å². The summed E-state index contributed by atoms with van der Waals surface area (Å²) in [7, 11) is 0. The summed E-state index contributed by atoms with van der Waals surface area (Å²) in [5, 5.41) is 5.53. The van der Waals surface area contributed by atoms with Crippen LogP contribution in [0.5, 0.6) is 0 Å². The molecular weight excluding hydrogens is 397 g/mol. The highest BCUT2D eigenvalue weighted by atomic mass is 19.4. The molecule has 6 nitrogen and oxygen atoms in total. The molecule has 2 aromatic rings. The number of nitrogens with zero attached hydrogens (tertiary/aromatic N) is 2. The highest BCUT2D eigenvalue weighted by molar-refractivity contribution is 5.94. The van der Waals surface area contributed by atoms with E-state index in [2.05, 4.69) is 15.6 Å². The number of anilines is 3. The lowest BCUT2D eigenvalue weighted by molar-refractivity contribution is -0.137. The van der Waals surface area contributed by atoms with Crippen molar-refractivity contribution in [3.05, 3.63) is 47.7 Å². The van der Waals surface area contributed by atoms with Gasteiger partial charge in [0.2, 0.25) is 11.8 Å². The predicted molar refractivity (Wildman–Crippen MR) is 108 cm³/mol. The topological polar surface area (TPSA) is 74.3 Å². The van der Waals surface area contributed by atoms with Gasteiger partial charge in [0.15, 0.2) is 0 Å². The van der Waals surface area contributed by atoms with E-state index in [-0.39, 0.29) is 24.2 Å². The molecule has 1 saturated heterocycles. The number of aryl methyl sites for hydroxylation is 1. The van der Waals surface area contributed by atoms with Crippen molar-refractivity contribution in [2.24, 2.45) is 5.92 Å². The third-order valence-electron chi connectivity index (χ3n) is 4.99. The molecule has 1 unspecified atom stereocenters. The fourth-order valence-corrected chi connectivity index (χ4v) is 3.57. The van der Waals surface area contributed by atoms with Crippen molar-refractivity contribution >= 4 is 29.0 Å². The lowest BCUT2D eigenvalue weighted by atomic mass is 9.96. The molecule has 2 amide bonds. The maximum absolute atomic E-state index is 13.3. The van der Waals surface area contributed by atoms with E-state index in [0.717, 1.165) is 11.6 Å². The van der Waals surface area contributed by atoms with Crippen molar-refractivity contribution in [1.29, 1.82) is 0 Å². The van der Waals surface area contributed by atoms with Gasteiger partial charge in [-0.3, -0.25) is 9.59 Å². The largest absolute Gasteiger partial charge is 0.419 e. The number of piperidine rings is 1. The van der Waals surface area contributed by atoms with E-state index in [1.165, 1.54) is 24.1 Å². The van der Waals surface area contributed by atoms with Gasteiger partial charge in [0.1, 0.15) is 5.82 Å². The SMILES string of the molecule is CC(=O)Nc1ccc(NC(=O)C2CCCN(c3ncccc3C(F)(F)F)C2)cc1C. The van der Waals surface area contributed by atoms with E-state index in [1.807, 2.05) is 6.92 Å². The number of benzene rings is 1. The lowest BCUT2D eigenvalue weighted by Crippen LogP contribution is -2.42. The molecule has 1 fully saturated rings. The number of nitrogens with one attached hydrogen (secondary N) is 2. The Balaban J connectivity index is 1.71. The quantitative estimate of drug-likeness (QED) is 0.777. The third kappa shape index (κ3) is 5.08. The number of halogens is 3. The smallest absolute Gasteiger partial charge is 0.355 e. The van der Waals surface area contributed by atoms with E-state index < -0.39 is 17.7 Å². The third-order valence-corrected chi connectivity index (χ3v) is 4.99. The first-order valence-corrected chi connectivity index (χ1v) is 9.61. The molecule has 0 aliphatic carbocycles. The number of hydrogen-bond donors (Lipinski definition) is 2. The summed E-state index contributed by atoms with van der Waals surface area (Å²) in [5.41, 5.74) is 1.21. The van der Waals surface area contributed by atoms with Gasteiger partial charge in [0.05, 0.1) is 11.5 Å². The van der Waals surface area contributed by atoms with Crippen molar-refractivity contribution in [3.63, 3.8) is 0 Å². The number of alkyl halides is 3. The number of amides is 2. The molecule has 0 radical (unpaired) electrons. The number of rotatable bonds is 4. The Hall–Kier alpha value is -3.10. The molecule has 1 aliphatic heterocycles. The molecule has 0 saturated carbocycles. The van der Waals surface area contributed by atoms with Gasteiger partial charge < -0.3 is 15.5 Å². The number of pyridine rings is 1. The zero-order valence-electron chi connectivity index (χ0n) is 16.7. The molecule has 2 heterocycles. The monoisotopic (exact) mass is 420 g/mol. The van der Waals surface area contributed by atoms with Gasteiger partial charge in [0.25, 0.3) is 0 Å². The zero-order chi connectivity index (χ0) is 21.9. The van der Waals surface area contributed by atoms with Crippen molar-refractivity contribution in [1.82, 2.24) is 4.98 Å². The molecular formula is C21H23F3N4O2. The van der Waals surface area contributed by atoms with E-state index in [9.17, 15) is 22.8 Å². The van der Waals surface area contributed by atoms with Gasteiger partial charge in [-0.15, -0.1) is 0 Å². The summed E-state index contributed by atoms with van der Waals surface area (Å²) in [6.07, 6.45) is -2.01. The van der Waals surface area contributed by atoms with Crippen LogP contribution in [0.3, 0.4) is 0 Å². The van der Waals surface area contributed by atoms with Crippen LogP contribution in [0.1, 0.15) is 30.9 Å². The van der Waals surface area contributed by atoms with Crippen molar-refractivity contribution in [3.8, 4) is 0 Å². The second-order valence-electron chi connectivity index (χ2n) is 7.36. The van der Waals surface area contributed by atoms with E-state index in [4.69, 9.17) is 0 Å². The van der Waals surface area contributed by atoms with Crippen LogP contribution >= 0.6 is 0 Å². The molecule has 1 aromatic heterocycles. The number of hydrogen-bond acceptors (Lipinski definition) is 4. The molecule has 3 rings (SSSR count). The molecule has 9 heteroatoms. The molecule has 0 spiro atoms. The Labute approximate surface area is 172 Å². The molecule has 1 aliphatic rings. The van der Waals surface area contributed by atoms with Crippen molar-refractivity contribution < 1.29 is 22.8 Å². The Morgan fingerprint density at radius 3 is 2.63 bits per heavy atom. The van der Waals surface area contributed by atoms with Crippen LogP contribution in [0.25, 0.3) is 0 Å². The van der Waals surface area contributed by atoms with Gasteiger partial charge in [-0.1, -0.05) is 0 Å². The van der Waals surface area contributed by atoms with Crippen LogP contribution in [0, 0.1) is 12.8 Å². The summed E-state index contributed by atoms with van der Waals surface area (Å²) < 4.78 is 40.0. The molecule has 2 N–H and O–H groups in total. The molecule has 0 bridgehead atoms. The van der Waals surface area contributed by atoms with Crippen LogP contribution in [0.15, 0.2) is 36.5 Å². The standard InChI is InChI=1S/C21H23F3N4O2/c1-13-11-16(7-8-18(13)26-14(2)29)27-20(30)15-5-4-10-28(12-15)19-17(21(22,23)24)6-3-9-25-19/h3,6-9,11,15H,4-5,10,12H2,1-2H3,(H,26,29)(H,27,30). The normalized spacial score (nSPS) is 16.8. The minimum atomic E-state index is -4.51. The van der Waals surface area contributed by atoms with Crippen molar-refractivity contribution in [2.75, 3.05) is 28.6 Å². The molecule has 1 atom stereocenters. The van der Waals surface area contributed by atoms with Gasteiger partial charge in [0, 0.05) is 37.6 Å². The average Bonchev–Trinajstić information content (AvgIpc) is 2.69. The van der Waals surface area contributed by atoms with E-state index in [0.29, 0.717) is 30.8 Å². The molecule has 160 valence electrons. The Kier molecular flexibility index (Phi) is 6.28. The number of carbonyl (C=O) groups is 2. The fraction of sp³-hybridized carbons (Fsp3) is 0.381. The summed E-state index contributed by atoms with van der Waals surface area (Å²) in [4.78, 5) is 29.4. The number of aromatic nitrogens is 1. The minimum Gasteiger partial charge on any atom is -0.355 e. The second-order valence-corrected chi connectivity index (χ2v) is 7.36. The summed E-state index contributed by atoms with van der Waals surface area (Å²) in [6, 6.07) is 7.38.